The van der Waals surface area contributed by atoms with E-state index in [1.807, 2.05) is 0 Å². The van der Waals surface area contributed by atoms with Crippen LogP contribution in [0.2, 0.25) is 0 Å². The van der Waals surface area contributed by atoms with Crippen LogP contribution in [-0.2, 0) is 0 Å². The first-order valence-corrected chi connectivity index (χ1v) is 5.05. The van der Waals surface area contributed by atoms with Crippen molar-refractivity contribution in [2.45, 2.75) is 6.10 Å². The van der Waals surface area contributed by atoms with E-state index in [0.717, 1.165) is 0 Å². The zero-order valence-corrected chi connectivity index (χ0v) is 9.17. The molecule has 0 aliphatic rings. The van der Waals surface area contributed by atoms with Gasteiger partial charge in [-0.3, -0.25) is 4.98 Å². The highest BCUT2D eigenvalue weighted by molar-refractivity contribution is 5.30. The van der Waals surface area contributed by atoms with Crippen molar-refractivity contribution in [1.82, 2.24) is 4.98 Å². The highest BCUT2D eigenvalue weighted by Crippen LogP contribution is 2.30. The number of nitrogens with zero attached hydrogens (tertiary/aromatic N) is 1. The Bertz CT molecular complexity index is 588. The van der Waals surface area contributed by atoms with Gasteiger partial charge in [0, 0.05) is 6.20 Å². The van der Waals surface area contributed by atoms with E-state index in [1.54, 1.807) is 0 Å². The van der Waals surface area contributed by atoms with Gasteiger partial charge in [0.2, 0.25) is 5.82 Å². The maximum Gasteiger partial charge on any atom is 0.200 e. The second-order valence-electron chi connectivity index (χ2n) is 3.64. The van der Waals surface area contributed by atoms with Gasteiger partial charge in [-0.2, -0.15) is 0 Å². The lowest BCUT2D eigenvalue weighted by atomic mass is 10.0. The van der Waals surface area contributed by atoms with Crippen LogP contribution in [0.4, 0.5) is 22.0 Å². The average molecular weight is 275 g/mol. The molecule has 0 unspecified atom stereocenters. The quantitative estimate of drug-likeness (QED) is 0.519. The molecule has 1 N–H and O–H groups in total. The Labute approximate surface area is 104 Å². The van der Waals surface area contributed by atoms with E-state index in [-0.39, 0.29) is 5.69 Å². The fraction of sp³-hybridized carbons (Fsp3) is 0.0833. The Hall–Kier alpha value is -2.02. The lowest BCUT2D eigenvalue weighted by molar-refractivity contribution is 0.198. The minimum Gasteiger partial charge on any atom is -0.382 e. The molecule has 0 saturated heterocycles. The predicted octanol–water partition coefficient (Wildman–Crippen LogP) is 2.86. The van der Waals surface area contributed by atoms with Gasteiger partial charge in [0.15, 0.2) is 23.3 Å². The highest BCUT2D eigenvalue weighted by atomic mass is 19.2. The molecule has 0 bridgehead atoms. The molecule has 1 atom stereocenters. The first-order chi connectivity index (χ1) is 8.95. The van der Waals surface area contributed by atoms with Gasteiger partial charge < -0.3 is 5.11 Å². The van der Waals surface area contributed by atoms with Crippen molar-refractivity contribution in [3.63, 3.8) is 0 Å². The van der Waals surface area contributed by atoms with Crippen molar-refractivity contribution in [3.05, 3.63) is 64.7 Å². The van der Waals surface area contributed by atoms with Crippen LogP contribution in [0, 0.1) is 29.1 Å². The number of hydrogen-bond acceptors (Lipinski definition) is 2. The maximum atomic E-state index is 13.4. The van der Waals surface area contributed by atoms with Gasteiger partial charge in [-0.1, -0.05) is 6.07 Å². The van der Waals surface area contributed by atoms with E-state index in [2.05, 4.69) is 4.98 Å². The molecule has 0 radical (unpaired) electrons. The summed E-state index contributed by atoms with van der Waals surface area (Å²) in [7, 11) is 0. The summed E-state index contributed by atoms with van der Waals surface area (Å²) < 4.78 is 65.7. The highest BCUT2D eigenvalue weighted by Gasteiger charge is 2.30. The Morgan fingerprint density at radius 3 is 1.84 bits per heavy atom. The molecule has 7 heteroatoms. The minimum absolute atomic E-state index is 0.231. The summed E-state index contributed by atoms with van der Waals surface area (Å²) in [5.74, 6) is -10.6. The topological polar surface area (TPSA) is 33.1 Å². The summed E-state index contributed by atoms with van der Waals surface area (Å²) in [6, 6.07) is 4.06. The molecule has 2 nitrogen and oxygen atoms in total. The van der Waals surface area contributed by atoms with Gasteiger partial charge in [0.05, 0.1) is 11.3 Å². The van der Waals surface area contributed by atoms with Crippen LogP contribution in [0.3, 0.4) is 0 Å². The molecule has 1 aromatic heterocycles. The van der Waals surface area contributed by atoms with Crippen LogP contribution in [0.15, 0.2) is 24.4 Å². The van der Waals surface area contributed by atoms with Gasteiger partial charge >= 0.3 is 0 Å². The zero-order chi connectivity index (χ0) is 14.2. The van der Waals surface area contributed by atoms with Crippen molar-refractivity contribution in [2.75, 3.05) is 0 Å². The smallest absolute Gasteiger partial charge is 0.200 e. The predicted molar refractivity (Wildman–Crippen MR) is 54.5 cm³/mol. The summed E-state index contributed by atoms with van der Waals surface area (Å²) in [6.07, 6.45) is -0.837. The fourth-order valence-corrected chi connectivity index (χ4v) is 1.55. The number of aliphatic hydroxyl groups excluding tert-OH is 1. The molecule has 0 amide bonds. The maximum absolute atomic E-state index is 13.4. The van der Waals surface area contributed by atoms with Crippen molar-refractivity contribution >= 4 is 0 Å². The normalized spacial score (nSPS) is 12.5. The monoisotopic (exact) mass is 275 g/mol. The third-order valence-electron chi connectivity index (χ3n) is 2.49. The van der Waals surface area contributed by atoms with Gasteiger partial charge in [-0.15, -0.1) is 0 Å². The Morgan fingerprint density at radius 2 is 1.37 bits per heavy atom. The van der Waals surface area contributed by atoms with Crippen LogP contribution in [0.25, 0.3) is 0 Å². The number of aliphatic hydroxyl groups is 1. The summed E-state index contributed by atoms with van der Waals surface area (Å²) >= 11 is 0. The Morgan fingerprint density at radius 1 is 0.842 bits per heavy atom. The van der Waals surface area contributed by atoms with Crippen LogP contribution in [-0.4, -0.2) is 10.1 Å². The van der Waals surface area contributed by atoms with Crippen LogP contribution >= 0.6 is 0 Å². The van der Waals surface area contributed by atoms with Crippen molar-refractivity contribution in [2.24, 2.45) is 0 Å². The van der Waals surface area contributed by atoms with Crippen molar-refractivity contribution in [1.29, 1.82) is 0 Å². The Balaban J connectivity index is 2.64. The molecule has 0 aliphatic heterocycles. The second kappa shape index (κ2) is 4.93. The van der Waals surface area contributed by atoms with Gasteiger partial charge in [0.25, 0.3) is 0 Å². The number of hydrogen-bond donors (Lipinski definition) is 1. The third-order valence-corrected chi connectivity index (χ3v) is 2.49. The summed E-state index contributed by atoms with van der Waals surface area (Å²) in [5, 5.41) is 9.70. The lowest BCUT2D eigenvalue weighted by Crippen LogP contribution is -2.13. The molecule has 100 valence electrons. The molecule has 0 fully saturated rings. The molecule has 0 spiro atoms. The first-order valence-electron chi connectivity index (χ1n) is 5.05. The van der Waals surface area contributed by atoms with E-state index >= 15 is 0 Å². The van der Waals surface area contributed by atoms with Gasteiger partial charge in [-0.25, -0.2) is 22.0 Å². The molecular weight excluding hydrogens is 269 g/mol. The largest absolute Gasteiger partial charge is 0.382 e. The second-order valence-corrected chi connectivity index (χ2v) is 3.64. The molecule has 2 aromatic rings. The third kappa shape index (κ3) is 2.17. The number of halogens is 5. The van der Waals surface area contributed by atoms with E-state index < -0.39 is 40.8 Å². The SMILES string of the molecule is O[C@@H](c1ccccn1)c1c(F)c(F)c(F)c(F)c1F. The van der Waals surface area contributed by atoms with E-state index in [4.69, 9.17) is 0 Å². The minimum atomic E-state index is -2.27. The first kappa shape index (κ1) is 13.4. The average Bonchev–Trinajstić information content (AvgIpc) is 2.44. The van der Waals surface area contributed by atoms with E-state index in [0.29, 0.717) is 0 Å². The number of aromatic nitrogens is 1. The van der Waals surface area contributed by atoms with Gasteiger partial charge in [-0.05, 0) is 12.1 Å². The van der Waals surface area contributed by atoms with E-state index in [1.165, 1.54) is 24.4 Å². The number of benzene rings is 1. The fourth-order valence-electron chi connectivity index (χ4n) is 1.55. The van der Waals surface area contributed by atoms with Crippen LogP contribution in [0.5, 0.6) is 0 Å². The molecule has 0 aliphatic carbocycles. The molecule has 0 saturated carbocycles. The van der Waals surface area contributed by atoms with E-state index in [9.17, 15) is 27.1 Å². The van der Waals surface area contributed by atoms with Crippen molar-refractivity contribution < 1.29 is 27.1 Å². The zero-order valence-electron chi connectivity index (χ0n) is 9.17. The molecule has 1 aromatic carbocycles. The molecule has 19 heavy (non-hydrogen) atoms. The summed E-state index contributed by atoms with van der Waals surface area (Å²) in [6.45, 7) is 0. The van der Waals surface area contributed by atoms with Crippen LogP contribution in [0.1, 0.15) is 17.4 Å². The molecule has 2 rings (SSSR count). The molecule has 1 heterocycles. The number of rotatable bonds is 2. The lowest BCUT2D eigenvalue weighted by Gasteiger charge is -2.13. The van der Waals surface area contributed by atoms with Gasteiger partial charge in [0.1, 0.15) is 6.10 Å². The van der Waals surface area contributed by atoms with Crippen molar-refractivity contribution in [3.8, 4) is 0 Å². The van der Waals surface area contributed by atoms with Crippen LogP contribution < -0.4 is 0 Å². The summed E-state index contributed by atoms with van der Waals surface area (Å²) in [4.78, 5) is 3.60. The summed E-state index contributed by atoms with van der Waals surface area (Å²) in [5.41, 5.74) is -1.55. The standard InChI is InChI=1S/C12H6F5NO/c13-7-6(8(14)10(16)11(17)9(7)15)12(19)5-3-1-2-4-18-5/h1-4,12,19H/t12-/m0/s1. The Kier molecular flexibility index (Phi) is 3.48. The molecular formula is C12H6F5NO. The number of pyridine rings is 1.